The Balaban J connectivity index is 2.18. The summed E-state index contributed by atoms with van der Waals surface area (Å²) in [4.78, 5) is 13.7. The lowest BCUT2D eigenvalue weighted by Gasteiger charge is -2.31. The zero-order chi connectivity index (χ0) is 12.0. The highest BCUT2D eigenvalue weighted by molar-refractivity contribution is 5.76. The molecule has 0 aromatic heterocycles. The van der Waals surface area contributed by atoms with Gasteiger partial charge in [0, 0.05) is 13.1 Å². The minimum atomic E-state index is 0.204. The van der Waals surface area contributed by atoms with E-state index in [2.05, 4.69) is 0 Å². The summed E-state index contributed by atoms with van der Waals surface area (Å²) in [5.41, 5.74) is 5.61. The van der Waals surface area contributed by atoms with E-state index in [0.29, 0.717) is 18.9 Å². The van der Waals surface area contributed by atoms with Gasteiger partial charge in [-0.25, -0.2) is 0 Å². The summed E-state index contributed by atoms with van der Waals surface area (Å²) >= 11 is 0. The fourth-order valence-electron chi connectivity index (χ4n) is 1.96. The third-order valence-electron chi connectivity index (χ3n) is 3.07. The van der Waals surface area contributed by atoms with Gasteiger partial charge in [0.2, 0.25) is 5.91 Å². The van der Waals surface area contributed by atoms with Gasteiger partial charge in [-0.2, -0.15) is 0 Å². The zero-order valence-corrected chi connectivity index (χ0v) is 10.4. The van der Waals surface area contributed by atoms with Crippen LogP contribution < -0.4 is 5.73 Å². The monoisotopic (exact) mass is 228 g/mol. The minimum Gasteiger partial charge on any atom is -0.378 e. The second-order valence-electron chi connectivity index (χ2n) is 4.73. The van der Waals surface area contributed by atoms with E-state index >= 15 is 0 Å². The third kappa shape index (κ3) is 4.49. The van der Waals surface area contributed by atoms with E-state index < -0.39 is 0 Å². The number of rotatable bonds is 5. The molecule has 1 heterocycles. The van der Waals surface area contributed by atoms with Gasteiger partial charge in [-0.3, -0.25) is 4.79 Å². The van der Waals surface area contributed by atoms with Gasteiger partial charge in [0.25, 0.3) is 0 Å². The summed E-state index contributed by atoms with van der Waals surface area (Å²) in [5, 5.41) is 0. The molecule has 0 aliphatic carbocycles. The molecule has 0 spiro atoms. The molecule has 4 nitrogen and oxygen atoms in total. The topological polar surface area (TPSA) is 55.6 Å². The number of ether oxygens (including phenoxy) is 1. The fraction of sp³-hybridized carbons (Fsp3) is 0.917. The lowest BCUT2D eigenvalue weighted by atomic mass is 9.97. The highest BCUT2D eigenvalue weighted by Gasteiger charge is 2.21. The number of carbonyl (C=O) groups excluding carboxylic acids is 1. The molecule has 1 amide bonds. The first-order valence-corrected chi connectivity index (χ1v) is 6.23. The number of likely N-dealkylation sites (tertiary alicyclic amines) is 1. The second kappa shape index (κ2) is 6.86. The van der Waals surface area contributed by atoms with Crippen molar-refractivity contribution in [1.82, 2.24) is 4.90 Å². The predicted octanol–water partition coefficient (Wildman–Crippen LogP) is 0.999. The molecule has 1 aliphatic heterocycles. The lowest BCUT2D eigenvalue weighted by molar-refractivity contribution is -0.134. The Morgan fingerprint density at radius 3 is 2.56 bits per heavy atom. The number of piperidine rings is 1. The van der Waals surface area contributed by atoms with Crippen LogP contribution in [-0.4, -0.2) is 43.2 Å². The number of nitrogens with two attached hydrogens (primary N) is 1. The first-order valence-electron chi connectivity index (χ1n) is 6.23. The Morgan fingerprint density at radius 1 is 1.44 bits per heavy atom. The SMILES string of the molecule is CC(C)OCCC(=O)N1CCC(CN)CC1. The zero-order valence-electron chi connectivity index (χ0n) is 10.4. The molecule has 16 heavy (non-hydrogen) atoms. The molecule has 4 heteroatoms. The first kappa shape index (κ1) is 13.5. The highest BCUT2D eigenvalue weighted by Crippen LogP contribution is 2.16. The van der Waals surface area contributed by atoms with Gasteiger partial charge in [-0.15, -0.1) is 0 Å². The highest BCUT2D eigenvalue weighted by atomic mass is 16.5. The first-order chi connectivity index (χ1) is 7.63. The normalized spacial score (nSPS) is 18.1. The Kier molecular flexibility index (Phi) is 5.77. The van der Waals surface area contributed by atoms with Crippen molar-refractivity contribution < 1.29 is 9.53 Å². The van der Waals surface area contributed by atoms with Gasteiger partial charge in [0.1, 0.15) is 0 Å². The Labute approximate surface area is 98.1 Å². The maximum Gasteiger partial charge on any atom is 0.224 e. The van der Waals surface area contributed by atoms with E-state index in [0.717, 1.165) is 32.5 Å². The van der Waals surface area contributed by atoms with Crippen molar-refractivity contribution in [3.05, 3.63) is 0 Å². The number of amides is 1. The van der Waals surface area contributed by atoms with E-state index in [1.807, 2.05) is 18.7 Å². The number of hydrogen-bond acceptors (Lipinski definition) is 3. The summed E-state index contributed by atoms with van der Waals surface area (Å²) in [5.74, 6) is 0.826. The lowest BCUT2D eigenvalue weighted by Crippen LogP contribution is -2.40. The van der Waals surface area contributed by atoms with Crippen LogP contribution in [0.2, 0.25) is 0 Å². The van der Waals surface area contributed by atoms with Crippen molar-refractivity contribution in [2.24, 2.45) is 11.7 Å². The van der Waals surface area contributed by atoms with Crippen molar-refractivity contribution in [2.45, 2.75) is 39.2 Å². The molecule has 1 aliphatic rings. The van der Waals surface area contributed by atoms with Crippen molar-refractivity contribution >= 4 is 5.91 Å². The van der Waals surface area contributed by atoms with E-state index in [-0.39, 0.29) is 12.0 Å². The summed E-state index contributed by atoms with van der Waals surface area (Å²) in [6, 6.07) is 0. The van der Waals surface area contributed by atoms with Gasteiger partial charge >= 0.3 is 0 Å². The summed E-state index contributed by atoms with van der Waals surface area (Å²) in [6.07, 6.45) is 2.81. The van der Waals surface area contributed by atoms with Crippen LogP contribution in [0.1, 0.15) is 33.1 Å². The van der Waals surface area contributed by atoms with Gasteiger partial charge in [0.15, 0.2) is 0 Å². The van der Waals surface area contributed by atoms with Crippen LogP contribution in [-0.2, 0) is 9.53 Å². The third-order valence-corrected chi connectivity index (χ3v) is 3.07. The maximum atomic E-state index is 11.8. The second-order valence-corrected chi connectivity index (χ2v) is 4.73. The largest absolute Gasteiger partial charge is 0.378 e. The molecule has 0 saturated carbocycles. The van der Waals surface area contributed by atoms with Gasteiger partial charge in [-0.05, 0) is 39.2 Å². The van der Waals surface area contributed by atoms with Gasteiger partial charge < -0.3 is 15.4 Å². The predicted molar refractivity (Wildman–Crippen MR) is 64.1 cm³/mol. The van der Waals surface area contributed by atoms with E-state index in [1.165, 1.54) is 0 Å². The molecular formula is C12H24N2O2. The molecule has 0 aromatic rings. The molecule has 0 bridgehead atoms. The van der Waals surface area contributed by atoms with Crippen LogP contribution in [0.4, 0.5) is 0 Å². The Morgan fingerprint density at radius 2 is 2.06 bits per heavy atom. The average Bonchev–Trinajstić information content (AvgIpc) is 2.28. The number of carbonyl (C=O) groups is 1. The fourth-order valence-corrected chi connectivity index (χ4v) is 1.96. The van der Waals surface area contributed by atoms with Crippen LogP contribution >= 0.6 is 0 Å². The number of hydrogen-bond donors (Lipinski definition) is 1. The molecule has 1 saturated heterocycles. The standard InChI is InChI=1S/C12H24N2O2/c1-10(2)16-8-5-12(15)14-6-3-11(9-13)4-7-14/h10-11H,3-9,13H2,1-2H3. The van der Waals surface area contributed by atoms with Crippen LogP contribution in [0.5, 0.6) is 0 Å². The average molecular weight is 228 g/mol. The van der Waals surface area contributed by atoms with E-state index in [4.69, 9.17) is 10.5 Å². The summed E-state index contributed by atoms with van der Waals surface area (Å²) in [7, 11) is 0. The van der Waals surface area contributed by atoms with Gasteiger partial charge in [0.05, 0.1) is 19.1 Å². The van der Waals surface area contributed by atoms with Crippen LogP contribution in [0.25, 0.3) is 0 Å². The molecule has 1 fully saturated rings. The van der Waals surface area contributed by atoms with E-state index in [1.54, 1.807) is 0 Å². The van der Waals surface area contributed by atoms with Crippen LogP contribution in [0, 0.1) is 5.92 Å². The summed E-state index contributed by atoms with van der Waals surface area (Å²) < 4.78 is 5.38. The number of nitrogens with zero attached hydrogens (tertiary/aromatic N) is 1. The van der Waals surface area contributed by atoms with Crippen molar-refractivity contribution in [1.29, 1.82) is 0 Å². The van der Waals surface area contributed by atoms with Crippen molar-refractivity contribution in [2.75, 3.05) is 26.2 Å². The van der Waals surface area contributed by atoms with Gasteiger partial charge in [-0.1, -0.05) is 0 Å². The molecule has 0 radical (unpaired) electrons. The maximum absolute atomic E-state index is 11.8. The molecule has 0 aromatic carbocycles. The smallest absolute Gasteiger partial charge is 0.224 e. The molecule has 1 rings (SSSR count). The molecule has 2 N–H and O–H groups in total. The summed E-state index contributed by atoms with van der Waals surface area (Å²) in [6.45, 7) is 6.98. The van der Waals surface area contributed by atoms with Crippen molar-refractivity contribution in [3.8, 4) is 0 Å². The quantitative estimate of drug-likeness (QED) is 0.763. The Hall–Kier alpha value is -0.610. The van der Waals surface area contributed by atoms with E-state index in [9.17, 15) is 4.79 Å². The van der Waals surface area contributed by atoms with Crippen molar-refractivity contribution in [3.63, 3.8) is 0 Å². The Bertz CT molecular complexity index is 211. The molecular weight excluding hydrogens is 204 g/mol. The molecule has 94 valence electrons. The van der Waals surface area contributed by atoms with Crippen LogP contribution in [0.15, 0.2) is 0 Å². The molecule has 0 unspecified atom stereocenters. The minimum absolute atomic E-state index is 0.204. The van der Waals surface area contributed by atoms with Crippen LogP contribution in [0.3, 0.4) is 0 Å². The molecule has 0 atom stereocenters.